The number of methoxy groups -OCH3 is 1. The molecule has 3 aliphatic rings. The number of benzene rings is 2. The summed E-state index contributed by atoms with van der Waals surface area (Å²) in [6.45, 7) is 2.02. The van der Waals surface area contributed by atoms with Crippen LogP contribution in [-0.4, -0.2) is 68.9 Å². The van der Waals surface area contributed by atoms with Crippen molar-refractivity contribution in [3.8, 4) is 5.75 Å². The lowest BCUT2D eigenvalue weighted by molar-refractivity contribution is 0.0718. The molecule has 3 heterocycles. The third-order valence-electron chi connectivity index (χ3n) is 7.06. The van der Waals surface area contributed by atoms with Gasteiger partial charge in [0.15, 0.2) is 0 Å². The lowest BCUT2D eigenvalue weighted by atomic mass is 10.1. The Morgan fingerprint density at radius 1 is 1.06 bits per heavy atom. The Balaban J connectivity index is 1.43. The molecule has 34 heavy (non-hydrogen) atoms. The monoisotopic (exact) mass is 507 g/mol. The third kappa shape index (κ3) is 4.03. The zero-order valence-electron chi connectivity index (χ0n) is 18.9. The van der Waals surface area contributed by atoms with Crippen LogP contribution >= 0.6 is 11.6 Å². The first-order valence-corrected chi connectivity index (χ1v) is 13.3. The number of sulfonamides is 1. The zero-order valence-corrected chi connectivity index (χ0v) is 20.5. The largest absolute Gasteiger partial charge is 0.495 e. The van der Waals surface area contributed by atoms with Crippen LogP contribution in [0.4, 0.5) is 10.1 Å². The molecule has 3 fully saturated rings. The number of hydrogen-bond acceptors (Lipinski definition) is 5. The summed E-state index contributed by atoms with van der Waals surface area (Å²) in [6, 6.07) is 8.87. The summed E-state index contributed by atoms with van der Waals surface area (Å²) in [5.74, 6) is -0.0974. The Morgan fingerprint density at radius 2 is 1.74 bits per heavy atom. The molecule has 10 heteroatoms. The summed E-state index contributed by atoms with van der Waals surface area (Å²) >= 11 is 6.13. The van der Waals surface area contributed by atoms with E-state index in [-0.39, 0.29) is 33.5 Å². The van der Waals surface area contributed by atoms with Gasteiger partial charge >= 0.3 is 0 Å². The molecular weight excluding hydrogens is 481 g/mol. The van der Waals surface area contributed by atoms with Crippen LogP contribution in [0.25, 0.3) is 0 Å². The topological polar surface area (TPSA) is 70.2 Å². The molecule has 182 valence electrons. The SMILES string of the molecule is COc1ccc(S(=O)(=O)N2CCCC2)cc1N1[C@@H]2CC[C@H]1CN(C(=O)c1ccc(F)cc1Cl)C2. The number of ether oxygens (including phenoxy) is 1. The second-order valence-corrected chi connectivity index (χ2v) is 11.4. The van der Waals surface area contributed by atoms with Gasteiger partial charge in [0.25, 0.3) is 5.91 Å². The average Bonchev–Trinajstić information content (AvgIpc) is 3.45. The normalized spacial score (nSPS) is 22.9. The molecule has 0 saturated carbocycles. The molecule has 0 N–H and O–H groups in total. The van der Waals surface area contributed by atoms with E-state index in [9.17, 15) is 17.6 Å². The van der Waals surface area contributed by atoms with E-state index in [0.29, 0.717) is 31.9 Å². The lowest BCUT2D eigenvalue weighted by Gasteiger charge is -2.43. The highest BCUT2D eigenvalue weighted by atomic mass is 35.5. The molecule has 7 nitrogen and oxygen atoms in total. The van der Waals surface area contributed by atoms with Crippen molar-refractivity contribution in [1.82, 2.24) is 9.21 Å². The van der Waals surface area contributed by atoms with Crippen molar-refractivity contribution in [3.05, 3.63) is 52.8 Å². The Bertz CT molecular complexity index is 1200. The van der Waals surface area contributed by atoms with Gasteiger partial charge in [0, 0.05) is 38.3 Å². The number of halogens is 2. The van der Waals surface area contributed by atoms with Crippen LogP contribution in [0.2, 0.25) is 5.02 Å². The Hall–Kier alpha value is -2.36. The van der Waals surface area contributed by atoms with Crippen molar-refractivity contribution >= 4 is 33.2 Å². The summed E-state index contributed by atoms with van der Waals surface area (Å²) in [5, 5.41) is 0.0984. The number of amides is 1. The molecule has 2 aromatic carbocycles. The van der Waals surface area contributed by atoms with Crippen LogP contribution in [-0.2, 0) is 10.0 Å². The van der Waals surface area contributed by atoms with Crippen LogP contribution in [0.5, 0.6) is 5.75 Å². The molecule has 0 spiro atoms. The molecule has 0 aromatic heterocycles. The van der Waals surface area contributed by atoms with Gasteiger partial charge in [0.05, 0.1) is 28.3 Å². The highest BCUT2D eigenvalue weighted by Crippen LogP contribution is 2.41. The second kappa shape index (κ2) is 9.02. The Morgan fingerprint density at radius 3 is 2.35 bits per heavy atom. The minimum atomic E-state index is -3.57. The smallest absolute Gasteiger partial charge is 0.255 e. The molecule has 0 unspecified atom stereocenters. The highest BCUT2D eigenvalue weighted by Gasteiger charge is 2.43. The summed E-state index contributed by atoms with van der Waals surface area (Å²) in [6.07, 6.45) is 3.50. The van der Waals surface area contributed by atoms with Crippen molar-refractivity contribution in [2.45, 2.75) is 42.7 Å². The molecule has 1 amide bonds. The maximum Gasteiger partial charge on any atom is 0.255 e. The number of piperazine rings is 1. The van der Waals surface area contributed by atoms with Gasteiger partial charge in [-0.25, -0.2) is 12.8 Å². The fourth-order valence-electron chi connectivity index (χ4n) is 5.40. The number of hydrogen-bond donors (Lipinski definition) is 0. The Kier molecular flexibility index (Phi) is 6.20. The van der Waals surface area contributed by atoms with Crippen LogP contribution in [0.3, 0.4) is 0 Å². The molecule has 2 bridgehead atoms. The van der Waals surface area contributed by atoms with Gasteiger partial charge in [-0.3, -0.25) is 4.79 Å². The summed E-state index contributed by atoms with van der Waals surface area (Å²) in [4.78, 5) is 17.4. The third-order valence-corrected chi connectivity index (χ3v) is 9.27. The first-order chi connectivity index (χ1) is 16.3. The van der Waals surface area contributed by atoms with E-state index in [0.717, 1.165) is 37.4 Å². The number of rotatable bonds is 5. The number of anilines is 1. The maximum absolute atomic E-state index is 13.4. The average molecular weight is 508 g/mol. The van der Waals surface area contributed by atoms with Crippen molar-refractivity contribution < 1.29 is 22.3 Å². The van der Waals surface area contributed by atoms with Crippen molar-refractivity contribution in [1.29, 1.82) is 0 Å². The first kappa shape index (κ1) is 23.4. The fourth-order valence-corrected chi connectivity index (χ4v) is 7.19. The van der Waals surface area contributed by atoms with Gasteiger partial charge in [-0.1, -0.05) is 11.6 Å². The maximum atomic E-state index is 13.4. The van der Waals surface area contributed by atoms with Crippen molar-refractivity contribution in [3.63, 3.8) is 0 Å². The van der Waals surface area contributed by atoms with Gasteiger partial charge in [0.1, 0.15) is 11.6 Å². The summed E-state index contributed by atoms with van der Waals surface area (Å²) in [7, 11) is -1.99. The molecule has 2 atom stereocenters. The minimum Gasteiger partial charge on any atom is -0.495 e. The van der Waals surface area contributed by atoms with Gasteiger partial charge in [-0.15, -0.1) is 0 Å². The number of carbonyl (C=O) groups is 1. The molecule has 2 aromatic rings. The van der Waals surface area contributed by atoms with Crippen LogP contribution < -0.4 is 9.64 Å². The highest BCUT2D eigenvalue weighted by molar-refractivity contribution is 7.89. The number of fused-ring (bicyclic) bond motifs is 2. The predicted molar refractivity (Wildman–Crippen MR) is 128 cm³/mol. The van der Waals surface area contributed by atoms with Crippen molar-refractivity contribution in [2.75, 3.05) is 38.2 Å². The lowest BCUT2D eigenvalue weighted by Crippen LogP contribution is -2.55. The van der Waals surface area contributed by atoms with E-state index < -0.39 is 15.8 Å². The van der Waals surface area contributed by atoms with Gasteiger partial charge in [-0.05, 0) is 62.1 Å². The molecule has 0 radical (unpaired) electrons. The zero-order chi connectivity index (χ0) is 24.0. The van der Waals surface area contributed by atoms with E-state index in [1.807, 2.05) is 0 Å². The van der Waals surface area contributed by atoms with Crippen LogP contribution in [0, 0.1) is 5.82 Å². The number of nitrogens with zero attached hydrogens (tertiary/aromatic N) is 3. The summed E-state index contributed by atoms with van der Waals surface area (Å²) in [5.41, 5.74) is 1.02. The van der Waals surface area contributed by atoms with E-state index >= 15 is 0 Å². The van der Waals surface area contributed by atoms with Gasteiger partial charge < -0.3 is 14.5 Å². The molecule has 5 rings (SSSR count). The first-order valence-electron chi connectivity index (χ1n) is 11.5. The predicted octanol–water partition coefficient (Wildman–Crippen LogP) is 3.77. The Labute approximate surface area is 204 Å². The van der Waals surface area contributed by atoms with E-state index in [1.165, 1.54) is 16.4 Å². The molecule has 3 saturated heterocycles. The number of carbonyl (C=O) groups excluding carboxylic acids is 1. The van der Waals surface area contributed by atoms with Crippen LogP contribution in [0.1, 0.15) is 36.0 Å². The second-order valence-electron chi connectivity index (χ2n) is 9.07. The van der Waals surface area contributed by atoms with E-state index in [4.69, 9.17) is 16.3 Å². The summed E-state index contributed by atoms with van der Waals surface area (Å²) < 4.78 is 46.9. The van der Waals surface area contributed by atoms with Crippen molar-refractivity contribution in [2.24, 2.45) is 0 Å². The molecular formula is C24H27ClFN3O4S. The minimum absolute atomic E-state index is 0.0144. The molecule has 3 aliphatic heterocycles. The van der Waals surface area contributed by atoms with Gasteiger partial charge in [-0.2, -0.15) is 4.31 Å². The van der Waals surface area contributed by atoms with Gasteiger partial charge in [0.2, 0.25) is 10.0 Å². The quantitative estimate of drug-likeness (QED) is 0.616. The number of likely N-dealkylation sites (tertiary alicyclic amines) is 1. The van der Waals surface area contributed by atoms with E-state index in [1.54, 1.807) is 30.2 Å². The molecule has 0 aliphatic carbocycles. The van der Waals surface area contributed by atoms with E-state index in [2.05, 4.69) is 4.90 Å². The fraction of sp³-hybridized carbons (Fsp3) is 0.458. The van der Waals surface area contributed by atoms with Crippen LogP contribution in [0.15, 0.2) is 41.3 Å². The standard InChI is InChI=1S/C24H27ClFN3O4S/c1-33-23-9-7-19(34(31,32)28-10-2-3-11-28)13-22(23)29-17-5-6-18(29)15-27(14-17)24(30)20-8-4-16(26)12-21(20)25/h4,7-9,12-13,17-18H,2-3,5-6,10-11,14-15H2,1H3/t17-,18+.